The standard InChI is InChI=1S/C23H5B.C17H18BNO/c1-4-7-10-13-16-19-22-24(21-18-15-12-9-6-3)23-20-17-14-11-8-5-2;1-14-13-15(2)20-18(19-14,16-9-5-3-6-10-16)17-11-7-4-8-12-17/h1-2H,3H3;3-13,19H,1-2H3. The Hall–Kier alpha value is -7.06. The summed E-state index contributed by atoms with van der Waals surface area (Å²) in [5.74, 6) is 51.2. The van der Waals surface area contributed by atoms with E-state index in [1.165, 1.54) is 0 Å². The summed E-state index contributed by atoms with van der Waals surface area (Å²) in [6, 6.07) is 20.7. The lowest BCUT2D eigenvalue weighted by Gasteiger charge is -2.36. The van der Waals surface area contributed by atoms with Gasteiger partial charge in [-0.05, 0) is 109 Å². The highest BCUT2D eigenvalue weighted by Crippen LogP contribution is 2.08. The van der Waals surface area contributed by atoms with Crippen LogP contribution in [0.5, 0.6) is 0 Å². The number of rotatable bonds is 2. The summed E-state index contributed by atoms with van der Waals surface area (Å²) in [6.07, 6.45) is 12.0. The van der Waals surface area contributed by atoms with Gasteiger partial charge in [-0.15, -0.1) is 30.3 Å². The van der Waals surface area contributed by atoms with E-state index in [2.05, 4.69) is 178 Å². The van der Waals surface area contributed by atoms with Crippen LogP contribution < -0.4 is 15.8 Å². The molecule has 0 spiro atoms. The third kappa shape index (κ3) is 12.0. The van der Waals surface area contributed by atoms with Gasteiger partial charge < -0.3 is 9.56 Å². The Morgan fingerprint density at radius 2 is 1.00 bits per heavy atom. The topological polar surface area (TPSA) is 23.2 Å². The van der Waals surface area contributed by atoms with Crippen LogP contribution in [-0.4, -0.2) is 18.9 Å². The Morgan fingerprint density at radius 1 is 0.591 bits per heavy atom. The molecule has 4 heteroatoms. The number of allylic oxidation sites excluding steroid dienone is 2. The summed E-state index contributed by atoms with van der Waals surface area (Å²) in [5, 5.41) is 0. The first-order chi connectivity index (χ1) is 21.6. The fraction of sp³-hybridized carbons (Fsp3) is 0.0750. The molecule has 2 aromatic carbocycles. The predicted molar refractivity (Wildman–Crippen MR) is 183 cm³/mol. The van der Waals surface area contributed by atoms with Crippen molar-refractivity contribution < 1.29 is 9.56 Å². The fourth-order valence-corrected chi connectivity index (χ4v) is 3.77. The molecule has 0 unspecified atom stereocenters. The summed E-state index contributed by atoms with van der Waals surface area (Å²) in [5.41, 5.74) is 3.44. The van der Waals surface area contributed by atoms with Crippen molar-refractivity contribution in [1.29, 1.82) is 0 Å². The van der Waals surface area contributed by atoms with E-state index in [-0.39, 0.29) is 0 Å². The molecule has 2 aromatic rings. The maximum absolute atomic E-state index is 6.31. The molecule has 44 heavy (non-hydrogen) atoms. The second-order valence-corrected chi connectivity index (χ2v) is 8.46. The summed E-state index contributed by atoms with van der Waals surface area (Å²) >= 11 is 0. The van der Waals surface area contributed by atoms with Crippen LogP contribution in [0.1, 0.15) is 20.8 Å². The smallest absolute Gasteiger partial charge is 0.506 e. The molecule has 0 saturated carbocycles. The van der Waals surface area contributed by atoms with Gasteiger partial charge in [0.2, 0.25) is 0 Å². The van der Waals surface area contributed by atoms with Crippen molar-refractivity contribution >= 4 is 29.8 Å². The quantitative estimate of drug-likeness (QED) is 0.437. The molecule has 1 heterocycles. The highest BCUT2D eigenvalue weighted by Gasteiger charge is 2.42. The third-order valence-electron chi connectivity index (χ3n) is 5.36. The van der Waals surface area contributed by atoms with Crippen LogP contribution in [0.15, 0.2) is 72.5 Å². The molecule has 2 nitrogen and oxygen atoms in total. The molecule has 0 fully saturated rings. The van der Waals surface area contributed by atoms with Gasteiger partial charge in [0, 0.05) is 13.0 Å². The van der Waals surface area contributed by atoms with E-state index in [1.807, 2.05) is 25.1 Å². The zero-order valence-electron chi connectivity index (χ0n) is 24.6. The second kappa shape index (κ2) is 19.9. The van der Waals surface area contributed by atoms with Gasteiger partial charge in [-0.2, -0.15) is 0 Å². The maximum atomic E-state index is 6.31. The van der Waals surface area contributed by atoms with E-state index in [9.17, 15) is 0 Å². The van der Waals surface area contributed by atoms with Crippen LogP contribution in [0.3, 0.4) is 0 Å². The summed E-state index contributed by atoms with van der Waals surface area (Å²) in [6.45, 7) is 3.76. The normalized spacial score (nSPS) is 10.0. The molecule has 200 valence electrons. The Balaban J connectivity index is 0.000000310. The Bertz CT molecular complexity index is 1980. The van der Waals surface area contributed by atoms with Crippen LogP contribution in [0.2, 0.25) is 0 Å². The lowest BCUT2D eigenvalue weighted by molar-refractivity contribution is -0.323. The van der Waals surface area contributed by atoms with E-state index in [4.69, 9.17) is 17.5 Å². The van der Waals surface area contributed by atoms with Crippen LogP contribution in [-0.2, 0) is 4.65 Å². The summed E-state index contributed by atoms with van der Waals surface area (Å²) in [4.78, 5) is 3.57. The molecule has 0 saturated heterocycles. The second-order valence-electron chi connectivity index (χ2n) is 8.46. The van der Waals surface area contributed by atoms with Crippen molar-refractivity contribution in [3.05, 3.63) is 72.5 Å². The van der Waals surface area contributed by atoms with E-state index in [0.29, 0.717) is 0 Å². The SMILES string of the molecule is C#CC#CC#CC#CB(C#CC#CC#CC)C#CC#CC#CC#C.CC1=CC(C)=[NH+][B-](c2ccccc2)(c2ccccc2)O1. The summed E-state index contributed by atoms with van der Waals surface area (Å²) < 4.78 is 6.31. The summed E-state index contributed by atoms with van der Waals surface area (Å²) in [7, 11) is 0. The largest absolute Gasteiger partial charge is 0.655 e. The van der Waals surface area contributed by atoms with Gasteiger partial charge in [-0.1, -0.05) is 77.5 Å². The Kier molecular flexibility index (Phi) is 15.0. The average Bonchev–Trinajstić information content (AvgIpc) is 3.04. The average molecular weight is 555 g/mol. The number of terminal acetylenes is 2. The van der Waals surface area contributed by atoms with Crippen LogP contribution in [0.25, 0.3) is 0 Å². The monoisotopic (exact) mass is 555 g/mol. The van der Waals surface area contributed by atoms with Gasteiger partial charge in [0.1, 0.15) is 5.71 Å². The van der Waals surface area contributed by atoms with E-state index >= 15 is 0 Å². The first kappa shape index (κ1) is 33.1. The Labute approximate surface area is 263 Å². The first-order valence-corrected chi connectivity index (χ1v) is 13.1. The van der Waals surface area contributed by atoms with Crippen LogP contribution in [0, 0.1) is 131 Å². The molecule has 0 bridgehead atoms. The molecule has 1 N–H and O–H groups in total. The van der Waals surface area contributed by atoms with Crippen molar-refractivity contribution in [2.45, 2.75) is 20.8 Å². The van der Waals surface area contributed by atoms with Gasteiger partial charge in [-0.25, -0.2) is 0 Å². The molecule has 0 atom stereocenters. The van der Waals surface area contributed by atoms with Crippen molar-refractivity contribution in [3.8, 4) is 131 Å². The molecule has 1 aliphatic heterocycles. The van der Waals surface area contributed by atoms with Gasteiger partial charge >= 0.3 is 13.2 Å². The van der Waals surface area contributed by atoms with Crippen molar-refractivity contribution in [2.75, 3.05) is 0 Å². The van der Waals surface area contributed by atoms with Crippen molar-refractivity contribution in [3.63, 3.8) is 0 Å². The molecule has 1 aliphatic rings. The maximum Gasteiger partial charge on any atom is 0.506 e. The lowest BCUT2D eigenvalue weighted by atomic mass is 9.42. The highest BCUT2D eigenvalue weighted by atomic mass is 16.5. The molecule has 0 amide bonds. The van der Waals surface area contributed by atoms with Crippen molar-refractivity contribution in [2.24, 2.45) is 0 Å². The first-order valence-electron chi connectivity index (χ1n) is 13.1. The van der Waals surface area contributed by atoms with Gasteiger partial charge in [0.15, 0.2) is 0 Å². The molecule has 3 rings (SSSR count). The minimum absolute atomic E-state index is 0.571. The minimum Gasteiger partial charge on any atom is -0.655 e. The lowest BCUT2D eigenvalue weighted by Crippen LogP contribution is -3.01. The predicted octanol–water partition coefficient (Wildman–Crippen LogP) is 1.13. The highest BCUT2D eigenvalue weighted by molar-refractivity contribution is 6.91. The molecule has 0 aliphatic carbocycles. The number of hydrogen-bond donors (Lipinski definition) is 1. The van der Waals surface area contributed by atoms with E-state index in [1.54, 1.807) is 6.92 Å². The van der Waals surface area contributed by atoms with E-state index < -0.39 is 13.2 Å². The van der Waals surface area contributed by atoms with Crippen molar-refractivity contribution in [1.82, 2.24) is 0 Å². The zero-order chi connectivity index (χ0) is 31.7. The van der Waals surface area contributed by atoms with Crippen LogP contribution >= 0.6 is 0 Å². The van der Waals surface area contributed by atoms with E-state index in [0.717, 1.165) is 22.4 Å². The van der Waals surface area contributed by atoms with Crippen LogP contribution in [0.4, 0.5) is 0 Å². The zero-order valence-corrected chi connectivity index (χ0v) is 24.6. The molecule has 0 aromatic heterocycles. The minimum atomic E-state index is -1.44. The van der Waals surface area contributed by atoms with Gasteiger partial charge in [-0.3, -0.25) is 0 Å². The molecule has 0 radical (unpaired) electrons. The molecular formula is C40H23B2NO. The molecular weight excluding hydrogens is 532 g/mol. The fourth-order valence-electron chi connectivity index (χ4n) is 3.77. The Morgan fingerprint density at radius 3 is 1.41 bits per heavy atom. The number of nitrogens with one attached hydrogen (secondary N) is 1. The van der Waals surface area contributed by atoms with Gasteiger partial charge in [0.05, 0.1) is 5.76 Å². The van der Waals surface area contributed by atoms with Gasteiger partial charge in [0.25, 0.3) is 0 Å². The number of benzene rings is 2. The number of hydrogen-bond acceptors (Lipinski definition) is 1. The third-order valence-corrected chi connectivity index (χ3v) is 5.36.